The molecular formula is C12H12F2O3. The maximum atomic E-state index is 13.6. The van der Waals surface area contributed by atoms with Gasteiger partial charge in [-0.1, -0.05) is 6.07 Å². The standard InChI is InChI=1S/C12H12F2O3/c1-7-2-3-8(11(14)10(7)13)12(15)9-6-16-4-5-17-9/h2-3,9H,4-6H2,1H3. The fourth-order valence-corrected chi connectivity index (χ4v) is 1.65. The van der Waals surface area contributed by atoms with Gasteiger partial charge in [-0.3, -0.25) is 4.79 Å². The normalized spacial score (nSPS) is 20.3. The predicted molar refractivity (Wildman–Crippen MR) is 56.0 cm³/mol. The summed E-state index contributed by atoms with van der Waals surface area (Å²) in [5.74, 6) is -2.70. The Morgan fingerprint density at radius 1 is 1.29 bits per heavy atom. The first kappa shape index (κ1) is 12.1. The average molecular weight is 242 g/mol. The Morgan fingerprint density at radius 2 is 2.06 bits per heavy atom. The van der Waals surface area contributed by atoms with Gasteiger partial charge in [-0.05, 0) is 18.6 Å². The molecule has 17 heavy (non-hydrogen) atoms. The van der Waals surface area contributed by atoms with E-state index in [0.29, 0.717) is 6.61 Å². The molecule has 92 valence electrons. The highest BCUT2D eigenvalue weighted by atomic mass is 19.2. The summed E-state index contributed by atoms with van der Waals surface area (Å²) in [4.78, 5) is 11.9. The zero-order valence-corrected chi connectivity index (χ0v) is 9.33. The molecule has 1 atom stereocenters. The molecule has 0 aliphatic carbocycles. The Hall–Kier alpha value is -1.33. The van der Waals surface area contributed by atoms with Gasteiger partial charge in [0.25, 0.3) is 0 Å². The molecule has 0 saturated carbocycles. The number of ketones is 1. The molecule has 1 aromatic carbocycles. The van der Waals surface area contributed by atoms with Gasteiger partial charge in [0.1, 0.15) is 6.10 Å². The number of ether oxygens (including phenoxy) is 2. The highest BCUT2D eigenvalue weighted by Gasteiger charge is 2.27. The van der Waals surface area contributed by atoms with Crippen molar-refractivity contribution in [2.45, 2.75) is 13.0 Å². The fourth-order valence-electron chi connectivity index (χ4n) is 1.65. The number of Topliss-reactive ketones (excluding diaryl/α,β-unsaturated/α-hetero) is 1. The van der Waals surface area contributed by atoms with Gasteiger partial charge in [0.05, 0.1) is 25.4 Å². The van der Waals surface area contributed by atoms with Crippen molar-refractivity contribution in [2.24, 2.45) is 0 Å². The van der Waals surface area contributed by atoms with Gasteiger partial charge in [0.2, 0.25) is 0 Å². The molecule has 1 saturated heterocycles. The molecule has 0 radical (unpaired) electrons. The monoisotopic (exact) mass is 242 g/mol. The van der Waals surface area contributed by atoms with Gasteiger partial charge < -0.3 is 9.47 Å². The molecule has 0 aromatic heterocycles. The summed E-state index contributed by atoms with van der Waals surface area (Å²) < 4.78 is 37.1. The quantitative estimate of drug-likeness (QED) is 0.743. The number of hydrogen-bond acceptors (Lipinski definition) is 3. The second-order valence-corrected chi connectivity index (χ2v) is 3.86. The number of rotatable bonds is 2. The third kappa shape index (κ3) is 2.35. The van der Waals surface area contributed by atoms with Crippen LogP contribution in [0.25, 0.3) is 0 Å². The van der Waals surface area contributed by atoms with Crippen LogP contribution in [0.2, 0.25) is 0 Å². The summed E-state index contributed by atoms with van der Waals surface area (Å²) in [5.41, 5.74) is -0.122. The average Bonchev–Trinajstić information content (AvgIpc) is 2.36. The molecule has 1 fully saturated rings. The van der Waals surface area contributed by atoms with E-state index in [4.69, 9.17) is 9.47 Å². The molecule has 0 amide bonds. The zero-order chi connectivity index (χ0) is 12.4. The van der Waals surface area contributed by atoms with Crippen LogP contribution in [0.4, 0.5) is 8.78 Å². The van der Waals surface area contributed by atoms with E-state index in [9.17, 15) is 13.6 Å². The van der Waals surface area contributed by atoms with E-state index in [0.717, 1.165) is 0 Å². The Labute approximate surface area is 97.3 Å². The molecule has 1 heterocycles. The Kier molecular flexibility index (Phi) is 3.49. The van der Waals surface area contributed by atoms with Crippen LogP contribution in [0.15, 0.2) is 12.1 Å². The molecule has 1 aliphatic heterocycles. The summed E-state index contributed by atoms with van der Waals surface area (Å²) in [5, 5.41) is 0. The third-order valence-electron chi connectivity index (χ3n) is 2.65. The SMILES string of the molecule is Cc1ccc(C(=O)C2COCCO2)c(F)c1F. The largest absolute Gasteiger partial charge is 0.376 e. The minimum absolute atomic E-state index is 0.0772. The predicted octanol–water partition coefficient (Wildman–Crippen LogP) is 1.87. The van der Waals surface area contributed by atoms with Crippen molar-refractivity contribution in [3.8, 4) is 0 Å². The molecule has 1 unspecified atom stereocenters. The maximum absolute atomic E-state index is 13.6. The van der Waals surface area contributed by atoms with Crippen molar-refractivity contribution < 1.29 is 23.0 Å². The van der Waals surface area contributed by atoms with E-state index in [2.05, 4.69) is 0 Å². The maximum Gasteiger partial charge on any atom is 0.196 e. The number of halogens is 2. The minimum atomic E-state index is -1.12. The number of benzene rings is 1. The molecule has 0 spiro atoms. The lowest BCUT2D eigenvalue weighted by Crippen LogP contribution is -2.36. The van der Waals surface area contributed by atoms with Crippen LogP contribution < -0.4 is 0 Å². The van der Waals surface area contributed by atoms with Crippen LogP contribution in [-0.2, 0) is 9.47 Å². The number of hydrogen-bond donors (Lipinski definition) is 0. The van der Waals surface area contributed by atoms with E-state index in [1.54, 1.807) is 0 Å². The van der Waals surface area contributed by atoms with Crippen LogP contribution in [0.3, 0.4) is 0 Å². The lowest BCUT2D eigenvalue weighted by molar-refractivity contribution is -0.0720. The summed E-state index contributed by atoms with van der Waals surface area (Å²) in [6, 6.07) is 2.64. The van der Waals surface area contributed by atoms with E-state index in [-0.39, 0.29) is 24.3 Å². The molecule has 1 aliphatic rings. The Morgan fingerprint density at radius 3 is 2.71 bits per heavy atom. The molecule has 1 aromatic rings. The molecule has 5 heteroatoms. The number of aryl methyl sites for hydroxylation is 1. The lowest BCUT2D eigenvalue weighted by Gasteiger charge is -2.22. The fraction of sp³-hybridized carbons (Fsp3) is 0.417. The number of carbonyl (C=O) groups excluding carboxylic acids is 1. The molecule has 3 nitrogen and oxygen atoms in total. The topological polar surface area (TPSA) is 35.5 Å². The molecule has 0 bridgehead atoms. The minimum Gasteiger partial charge on any atom is -0.376 e. The summed E-state index contributed by atoms with van der Waals surface area (Å²) in [7, 11) is 0. The lowest BCUT2D eigenvalue weighted by atomic mass is 10.0. The van der Waals surface area contributed by atoms with E-state index in [1.807, 2.05) is 0 Å². The summed E-state index contributed by atoms with van der Waals surface area (Å²) >= 11 is 0. The van der Waals surface area contributed by atoms with E-state index in [1.165, 1.54) is 19.1 Å². The molecule has 0 N–H and O–H groups in total. The number of carbonyl (C=O) groups is 1. The summed E-state index contributed by atoms with van der Waals surface area (Å²) in [6.07, 6.45) is -0.847. The van der Waals surface area contributed by atoms with Crippen molar-refractivity contribution in [2.75, 3.05) is 19.8 Å². The van der Waals surface area contributed by atoms with Crippen LogP contribution in [0, 0.1) is 18.6 Å². The van der Waals surface area contributed by atoms with Crippen LogP contribution >= 0.6 is 0 Å². The van der Waals surface area contributed by atoms with E-state index < -0.39 is 23.5 Å². The van der Waals surface area contributed by atoms with Crippen LogP contribution in [0.1, 0.15) is 15.9 Å². The van der Waals surface area contributed by atoms with Gasteiger partial charge in [0.15, 0.2) is 17.4 Å². The van der Waals surface area contributed by atoms with Crippen molar-refractivity contribution in [3.05, 3.63) is 34.9 Å². The van der Waals surface area contributed by atoms with Gasteiger partial charge in [-0.15, -0.1) is 0 Å². The van der Waals surface area contributed by atoms with Gasteiger partial charge in [-0.2, -0.15) is 0 Å². The van der Waals surface area contributed by atoms with Crippen LogP contribution in [0.5, 0.6) is 0 Å². The first-order chi connectivity index (χ1) is 8.11. The van der Waals surface area contributed by atoms with Gasteiger partial charge in [-0.25, -0.2) is 8.78 Å². The second kappa shape index (κ2) is 4.89. The molecular weight excluding hydrogens is 230 g/mol. The Balaban J connectivity index is 2.27. The zero-order valence-electron chi connectivity index (χ0n) is 9.33. The summed E-state index contributed by atoms with van der Waals surface area (Å²) in [6.45, 7) is 2.21. The first-order valence-corrected chi connectivity index (χ1v) is 5.29. The third-order valence-corrected chi connectivity index (χ3v) is 2.65. The first-order valence-electron chi connectivity index (χ1n) is 5.29. The van der Waals surface area contributed by atoms with Gasteiger partial charge in [0, 0.05) is 0 Å². The van der Waals surface area contributed by atoms with Crippen molar-refractivity contribution in [1.82, 2.24) is 0 Å². The van der Waals surface area contributed by atoms with Crippen LogP contribution in [-0.4, -0.2) is 31.7 Å². The van der Waals surface area contributed by atoms with Gasteiger partial charge >= 0.3 is 0 Å². The van der Waals surface area contributed by atoms with E-state index >= 15 is 0 Å². The van der Waals surface area contributed by atoms with Crippen molar-refractivity contribution in [3.63, 3.8) is 0 Å². The highest BCUT2D eigenvalue weighted by molar-refractivity contribution is 6.00. The highest BCUT2D eigenvalue weighted by Crippen LogP contribution is 2.18. The molecule has 2 rings (SSSR count). The Bertz CT molecular complexity index is 440. The van der Waals surface area contributed by atoms with Crippen molar-refractivity contribution >= 4 is 5.78 Å². The van der Waals surface area contributed by atoms with Crippen molar-refractivity contribution in [1.29, 1.82) is 0 Å². The second-order valence-electron chi connectivity index (χ2n) is 3.86. The smallest absolute Gasteiger partial charge is 0.196 e.